The zero-order chi connectivity index (χ0) is 13.1. The molecule has 0 fully saturated rings. The van der Waals surface area contributed by atoms with Gasteiger partial charge in [0.2, 0.25) is 0 Å². The van der Waals surface area contributed by atoms with E-state index in [4.69, 9.17) is 15.7 Å². The van der Waals surface area contributed by atoms with Gasteiger partial charge in [-0.25, -0.2) is 5.11 Å². The Bertz CT molecular complexity index is 346. The number of rotatable bonds is 4. The fraction of sp³-hybridized carbons (Fsp3) is 0.462. The first kappa shape index (κ1) is 15.3. The Labute approximate surface area is 103 Å². The topological polar surface area (TPSA) is 78.9 Å². The van der Waals surface area contributed by atoms with Gasteiger partial charge in [0.25, 0.3) is 0 Å². The van der Waals surface area contributed by atoms with Gasteiger partial charge in [-0.1, -0.05) is 19.9 Å². The number of nitrogens with two attached hydrogens (primary N) is 1. The maximum atomic E-state index is 9.31. The lowest BCUT2D eigenvalue weighted by Crippen LogP contribution is -2.04. The van der Waals surface area contributed by atoms with Crippen LogP contribution >= 0.6 is 0 Å². The van der Waals surface area contributed by atoms with Crippen molar-refractivity contribution in [3.8, 4) is 11.8 Å². The number of nitrogen functional groups attached to an aromatic ring is 1. The quantitative estimate of drug-likeness (QED) is 0.815. The van der Waals surface area contributed by atoms with Crippen LogP contribution in [-0.4, -0.2) is 13.2 Å². The van der Waals surface area contributed by atoms with Crippen molar-refractivity contribution in [3.63, 3.8) is 0 Å². The van der Waals surface area contributed by atoms with E-state index >= 15 is 0 Å². The molecule has 0 aliphatic carbocycles. The van der Waals surface area contributed by atoms with Crippen LogP contribution in [0.2, 0.25) is 0 Å². The molecule has 17 heavy (non-hydrogen) atoms. The van der Waals surface area contributed by atoms with Gasteiger partial charge in [-0.05, 0) is 18.1 Å². The van der Waals surface area contributed by atoms with Crippen molar-refractivity contribution in [2.45, 2.75) is 20.3 Å². The average molecular weight is 235 g/mol. The van der Waals surface area contributed by atoms with Crippen LogP contribution in [0, 0.1) is 17.2 Å². The molecule has 1 aromatic rings. The summed E-state index contributed by atoms with van der Waals surface area (Å²) >= 11 is 0. The highest BCUT2D eigenvalue weighted by molar-refractivity contribution is 5.43. The van der Waals surface area contributed by atoms with Gasteiger partial charge in [0.1, 0.15) is 5.75 Å². The summed E-state index contributed by atoms with van der Waals surface area (Å²) in [5, 5.41) is 16.9. The molecule has 0 aliphatic rings. The minimum Gasteiger partial charge on any atom is -0.493 e. The molecule has 0 unspecified atom stereocenters. The highest BCUT2D eigenvalue weighted by Gasteiger charge is 1.96. The number of ether oxygens (including phenoxy) is 1. The molecule has 2 N–H and O–H groups in total. The molecule has 0 heterocycles. The van der Waals surface area contributed by atoms with Crippen molar-refractivity contribution in [2.24, 2.45) is 5.92 Å². The van der Waals surface area contributed by atoms with Crippen LogP contribution in [0.25, 0.3) is 0 Å². The number of hydrogen-bond acceptors (Lipinski definition) is 3. The second-order valence-corrected chi connectivity index (χ2v) is 3.89. The number of anilines is 1. The summed E-state index contributed by atoms with van der Waals surface area (Å²) in [7, 11) is 0. The Hall–Kier alpha value is -1.73. The highest BCUT2D eigenvalue weighted by atomic mass is 16.5. The highest BCUT2D eigenvalue weighted by Crippen LogP contribution is 2.14. The van der Waals surface area contributed by atoms with Crippen molar-refractivity contribution >= 4 is 5.69 Å². The van der Waals surface area contributed by atoms with E-state index < -0.39 is 0 Å². The summed E-state index contributed by atoms with van der Waals surface area (Å²) in [6.07, 6.45) is 0.139. The zero-order valence-electron chi connectivity index (χ0n) is 10.3. The lowest BCUT2D eigenvalue weighted by molar-refractivity contribution is 0.201. The number of nitriles is 1. The molecular weight excluding hydrogens is 216 g/mol. The van der Waals surface area contributed by atoms with Crippen molar-refractivity contribution < 1.29 is 9.84 Å². The Morgan fingerprint density at radius 2 is 2.18 bits per heavy atom. The third-order valence-electron chi connectivity index (χ3n) is 1.66. The molecule has 0 bridgehead atoms. The summed E-state index contributed by atoms with van der Waals surface area (Å²) in [6, 6.07) is 9.20. The van der Waals surface area contributed by atoms with E-state index in [-0.39, 0.29) is 13.0 Å². The first-order valence-electron chi connectivity index (χ1n) is 5.53. The molecule has 0 aromatic heterocycles. The van der Waals surface area contributed by atoms with E-state index in [1.54, 1.807) is 6.07 Å². The van der Waals surface area contributed by atoms with Crippen LogP contribution in [0.15, 0.2) is 24.3 Å². The second-order valence-electron chi connectivity index (χ2n) is 3.89. The average Bonchev–Trinajstić information content (AvgIpc) is 2.28. The molecule has 1 aromatic carbocycles. The van der Waals surface area contributed by atoms with Crippen LogP contribution < -0.4 is 10.5 Å². The van der Waals surface area contributed by atoms with E-state index in [0.29, 0.717) is 5.92 Å². The smallest absolute Gasteiger partial charge is 0.121 e. The summed E-state index contributed by atoms with van der Waals surface area (Å²) in [6.45, 7) is 4.71. The predicted octanol–water partition coefficient (Wildman–Crippen LogP) is 2.63. The van der Waals surface area contributed by atoms with Gasteiger partial charge in [-0.2, -0.15) is 5.26 Å². The monoisotopic (exact) mass is 235 g/mol. The van der Waals surface area contributed by atoms with Crippen LogP contribution in [-0.2, 0) is 5.11 Å². The molecule has 1 radical (unpaired) electrons. The number of nitrogens with zero attached hydrogens (tertiary/aromatic N) is 1. The van der Waals surface area contributed by atoms with Crippen LogP contribution in [0.4, 0.5) is 5.69 Å². The van der Waals surface area contributed by atoms with Gasteiger partial charge in [-0.3, -0.25) is 0 Å². The van der Waals surface area contributed by atoms with E-state index in [9.17, 15) is 5.11 Å². The first-order valence-corrected chi connectivity index (χ1v) is 5.53. The number of benzene rings is 1. The normalized spacial score (nSPS) is 9.12. The minimum atomic E-state index is -0.267. The molecule has 4 nitrogen and oxygen atoms in total. The SMILES string of the molecule is CC(C)COc1cccc(N)c1.N#CCC[O]. The standard InChI is InChI=1S/C10H15NO.C3H4NO/c1-8(2)7-12-10-5-3-4-9(11)6-10;4-2-1-3-5/h3-6,8H,7,11H2,1-2H3;1,3H2. The third-order valence-corrected chi connectivity index (χ3v) is 1.66. The first-order chi connectivity index (χ1) is 8.10. The summed E-state index contributed by atoms with van der Waals surface area (Å²) in [5.41, 5.74) is 6.33. The molecule has 0 saturated carbocycles. The van der Waals surface area contributed by atoms with Crippen molar-refractivity contribution in [1.29, 1.82) is 5.26 Å². The molecule has 0 saturated heterocycles. The van der Waals surface area contributed by atoms with Crippen LogP contribution in [0.3, 0.4) is 0 Å². The summed E-state index contributed by atoms with van der Waals surface area (Å²) < 4.78 is 5.47. The second kappa shape index (κ2) is 9.49. The van der Waals surface area contributed by atoms with Gasteiger partial charge in [0.05, 0.1) is 25.7 Å². The fourth-order valence-electron chi connectivity index (χ4n) is 0.913. The van der Waals surface area contributed by atoms with Gasteiger partial charge in [0, 0.05) is 11.8 Å². The molecule has 0 aliphatic heterocycles. The Balaban J connectivity index is 0.000000437. The van der Waals surface area contributed by atoms with Crippen LogP contribution in [0.5, 0.6) is 5.75 Å². The molecule has 0 atom stereocenters. The third kappa shape index (κ3) is 9.21. The Morgan fingerprint density at radius 3 is 2.59 bits per heavy atom. The van der Waals surface area contributed by atoms with Crippen LogP contribution in [0.1, 0.15) is 20.3 Å². The van der Waals surface area contributed by atoms with E-state index in [1.165, 1.54) is 0 Å². The lowest BCUT2D eigenvalue weighted by atomic mass is 10.2. The van der Waals surface area contributed by atoms with E-state index in [1.807, 2.05) is 24.3 Å². The maximum Gasteiger partial charge on any atom is 0.121 e. The summed E-state index contributed by atoms with van der Waals surface area (Å²) in [5.74, 6) is 1.40. The largest absolute Gasteiger partial charge is 0.493 e. The predicted molar refractivity (Wildman–Crippen MR) is 67.0 cm³/mol. The fourth-order valence-corrected chi connectivity index (χ4v) is 0.913. The van der Waals surface area contributed by atoms with Crippen molar-refractivity contribution in [2.75, 3.05) is 18.9 Å². The molecule has 0 amide bonds. The molecule has 4 heteroatoms. The summed E-state index contributed by atoms with van der Waals surface area (Å²) in [4.78, 5) is 0. The van der Waals surface area contributed by atoms with Gasteiger partial charge >= 0.3 is 0 Å². The minimum absolute atomic E-state index is 0.139. The zero-order valence-corrected chi connectivity index (χ0v) is 10.3. The van der Waals surface area contributed by atoms with E-state index in [0.717, 1.165) is 18.0 Å². The Morgan fingerprint density at radius 1 is 1.47 bits per heavy atom. The van der Waals surface area contributed by atoms with Gasteiger partial charge in [0.15, 0.2) is 0 Å². The van der Waals surface area contributed by atoms with E-state index in [2.05, 4.69) is 13.8 Å². The molecule has 1 rings (SSSR count). The van der Waals surface area contributed by atoms with Crippen molar-refractivity contribution in [1.82, 2.24) is 0 Å². The van der Waals surface area contributed by atoms with Gasteiger partial charge < -0.3 is 10.5 Å². The molecule has 93 valence electrons. The maximum absolute atomic E-state index is 9.31. The molecule has 0 spiro atoms. The number of hydrogen-bond donors (Lipinski definition) is 1. The lowest BCUT2D eigenvalue weighted by Gasteiger charge is -2.08. The van der Waals surface area contributed by atoms with Crippen molar-refractivity contribution in [3.05, 3.63) is 24.3 Å². The van der Waals surface area contributed by atoms with Gasteiger partial charge in [-0.15, -0.1) is 0 Å². The Kier molecular flexibility index (Phi) is 8.53. The molecular formula is C13H19N2O2.